The molecule has 15 heavy (non-hydrogen) atoms. The normalized spacial score (nSPS) is 12.5. The zero-order chi connectivity index (χ0) is 11.4. The molecule has 1 N–H and O–H groups in total. The SMILES string of the molecule is [CH2]C(CO)c1cccc(C(C)C)c1C#N. The van der Waals surface area contributed by atoms with E-state index in [0.717, 1.165) is 11.1 Å². The number of aliphatic hydroxyl groups is 1. The molecule has 0 aliphatic rings. The van der Waals surface area contributed by atoms with E-state index >= 15 is 0 Å². The number of benzene rings is 1. The molecule has 0 bridgehead atoms. The van der Waals surface area contributed by atoms with Crippen molar-refractivity contribution in [1.29, 1.82) is 5.26 Å². The van der Waals surface area contributed by atoms with Crippen LogP contribution >= 0.6 is 0 Å². The van der Waals surface area contributed by atoms with E-state index in [1.54, 1.807) is 0 Å². The van der Waals surface area contributed by atoms with Crippen LogP contribution in [0.15, 0.2) is 18.2 Å². The number of hydrogen-bond acceptors (Lipinski definition) is 2. The van der Waals surface area contributed by atoms with Crippen molar-refractivity contribution in [2.75, 3.05) is 6.61 Å². The van der Waals surface area contributed by atoms with Gasteiger partial charge in [0.05, 0.1) is 11.6 Å². The van der Waals surface area contributed by atoms with Crippen LogP contribution in [0, 0.1) is 18.3 Å². The summed E-state index contributed by atoms with van der Waals surface area (Å²) in [7, 11) is 0. The van der Waals surface area contributed by atoms with Crippen LogP contribution in [0.2, 0.25) is 0 Å². The van der Waals surface area contributed by atoms with Gasteiger partial charge in [0.2, 0.25) is 0 Å². The molecule has 0 aromatic heterocycles. The third kappa shape index (κ3) is 2.37. The lowest BCUT2D eigenvalue weighted by molar-refractivity contribution is 0.282. The van der Waals surface area contributed by atoms with Crippen LogP contribution in [-0.2, 0) is 0 Å². The maximum Gasteiger partial charge on any atom is 0.0997 e. The van der Waals surface area contributed by atoms with E-state index < -0.39 is 0 Å². The van der Waals surface area contributed by atoms with Gasteiger partial charge in [-0.1, -0.05) is 32.0 Å². The van der Waals surface area contributed by atoms with Crippen LogP contribution in [0.4, 0.5) is 0 Å². The van der Waals surface area contributed by atoms with Crippen molar-refractivity contribution >= 4 is 0 Å². The lowest BCUT2D eigenvalue weighted by Gasteiger charge is -2.15. The number of nitrogens with zero attached hydrogens (tertiary/aromatic N) is 1. The first-order valence-electron chi connectivity index (χ1n) is 5.08. The lowest BCUT2D eigenvalue weighted by atomic mass is 9.89. The van der Waals surface area contributed by atoms with Gasteiger partial charge in [0, 0.05) is 12.5 Å². The van der Waals surface area contributed by atoms with Crippen molar-refractivity contribution in [3.8, 4) is 6.07 Å². The Morgan fingerprint density at radius 2 is 2.00 bits per heavy atom. The first-order valence-corrected chi connectivity index (χ1v) is 5.08. The van der Waals surface area contributed by atoms with Crippen molar-refractivity contribution in [2.45, 2.75) is 25.7 Å². The minimum atomic E-state index is -0.224. The Kier molecular flexibility index (Phi) is 3.88. The zero-order valence-corrected chi connectivity index (χ0v) is 9.20. The Bertz CT molecular complexity index is 377. The quantitative estimate of drug-likeness (QED) is 0.818. The molecular formula is C13H16NO. The molecule has 1 rings (SSSR count). The highest BCUT2D eigenvalue weighted by Gasteiger charge is 2.14. The van der Waals surface area contributed by atoms with Crippen molar-refractivity contribution in [1.82, 2.24) is 0 Å². The van der Waals surface area contributed by atoms with Gasteiger partial charge in [-0.25, -0.2) is 0 Å². The third-order valence-electron chi connectivity index (χ3n) is 2.52. The molecule has 79 valence electrons. The van der Waals surface area contributed by atoms with E-state index in [1.165, 1.54) is 0 Å². The van der Waals surface area contributed by atoms with Crippen LogP contribution in [0.1, 0.15) is 42.4 Å². The summed E-state index contributed by atoms with van der Waals surface area (Å²) >= 11 is 0. The summed E-state index contributed by atoms with van der Waals surface area (Å²) in [5.41, 5.74) is 2.53. The molecule has 0 amide bonds. The molecule has 2 heteroatoms. The molecule has 0 saturated carbocycles. The number of hydrogen-bond donors (Lipinski definition) is 1. The number of rotatable bonds is 3. The van der Waals surface area contributed by atoms with E-state index in [9.17, 15) is 0 Å². The van der Waals surface area contributed by atoms with Gasteiger partial charge in [-0.3, -0.25) is 0 Å². The minimum Gasteiger partial charge on any atom is -0.396 e. The minimum absolute atomic E-state index is 0.0315. The van der Waals surface area contributed by atoms with Crippen LogP contribution < -0.4 is 0 Å². The molecular weight excluding hydrogens is 186 g/mol. The highest BCUT2D eigenvalue weighted by atomic mass is 16.3. The monoisotopic (exact) mass is 202 g/mol. The maximum absolute atomic E-state index is 9.13. The number of aliphatic hydroxyl groups excluding tert-OH is 1. The Balaban J connectivity index is 3.30. The molecule has 0 heterocycles. The van der Waals surface area contributed by atoms with Gasteiger partial charge in [-0.05, 0) is 24.0 Å². The van der Waals surface area contributed by atoms with Gasteiger partial charge in [0.15, 0.2) is 0 Å². The summed E-state index contributed by atoms with van der Waals surface area (Å²) in [4.78, 5) is 0. The molecule has 0 aliphatic heterocycles. The molecule has 1 radical (unpaired) electrons. The standard InChI is InChI=1S/C13H16NO/c1-9(2)11-5-4-6-12(10(3)8-15)13(11)7-14/h4-6,9-10,15H,3,8H2,1-2H3. The summed E-state index contributed by atoms with van der Waals surface area (Å²) in [6.45, 7) is 7.91. The van der Waals surface area contributed by atoms with E-state index in [0.29, 0.717) is 11.5 Å². The van der Waals surface area contributed by atoms with Crippen molar-refractivity contribution in [2.24, 2.45) is 0 Å². The van der Waals surface area contributed by atoms with E-state index in [4.69, 9.17) is 10.4 Å². The first kappa shape index (κ1) is 11.7. The predicted molar refractivity (Wildman–Crippen MR) is 60.4 cm³/mol. The van der Waals surface area contributed by atoms with Gasteiger partial charge in [0.1, 0.15) is 0 Å². The molecule has 1 atom stereocenters. The highest BCUT2D eigenvalue weighted by molar-refractivity contribution is 5.47. The van der Waals surface area contributed by atoms with Gasteiger partial charge in [0.25, 0.3) is 0 Å². The smallest absolute Gasteiger partial charge is 0.0997 e. The second-order valence-corrected chi connectivity index (χ2v) is 3.96. The Morgan fingerprint density at radius 1 is 1.40 bits per heavy atom. The molecule has 2 nitrogen and oxygen atoms in total. The highest BCUT2D eigenvalue weighted by Crippen LogP contribution is 2.26. The topological polar surface area (TPSA) is 44.0 Å². The fourth-order valence-corrected chi connectivity index (χ4v) is 1.64. The third-order valence-corrected chi connectivity index (χ3v) is 2.52. The largest absolute Gasteiger partial charge is 0.396 e. The van der Waals surface area contributed by atoms with Crippen molar-refractivity contribution in [3.63, 3.8) is 0 Å². The van der Waals surface area contributed by atoms with Crippen LogP contribution in [0.3, 0.4) is 0 Å². The van der Waals surface area contributed by atoms with Crippen molar-refractivity contribution < 1.29 is 5.11 Å². The fraction of sp³-hybridized carbons (Fsp3) is 0.385. The zero-order valence-electron chi connectivity index (χ0n) is 9.20. The molecule has 0 spiro atoms. The molecule has 1 aromatic carbocycles. The summed E-state index contributed by atoms with van der Waals surface area (Å²) in [5.74, 6) is 0.0869. The van der Waals surface area contributed by atoms with Crippen LogP contribution in [-0.4, -0.2) is 11.7 Å². The van der Waals surface area contributed by atoms with Gasteiger partial charge >= 0.3 is 0 Å². The Morgan fingerprint density at radius 3 is 2.47 bits per heavy atom. The van der Waals surface area contributed by atoms with Crippen LogP contribution in [0.5, 0.6) is 0 Å². The second kappa shape index (κ2) is 4.95. The van der Waals surface area contributed by atoms with Gasteiger partial charge in [-0.15, -0.1) is 0 Å². The summed E-state index contributed by atoms with van der Waals surface area (Å²) < 4.78 is 0. The maximum atomic E-state index is 9.13. The van der Waals surface area contributed by atoms with E-state index in [2.05, 4.69) is 26.8 Å². The van der Waals surface area contributed by atoms with E-state index in [-0.39, 0.29) is 12.5 Å². The van der Waals surface area contributed by atoms with Crippen LogP contribution in [0.25, 0.3) is 0 Å². The molecule has 0 aliphatic carbocycles. The lowest BCUT2D eigenvalue weighted by Crippen LogP contribution is -2.05. The summed E-state index contributed by atoms with van der Waals surface area (Å²) in [5, 5.41) is 18.2. The Labute approximate surface area is 91.2 Å². The van der Waals surface area contributed by atoms with Gasteiger partial charge in [-0.2, -0.15) is 5.26 Å². The predicted octanol–water partition coefficient (Wildman–Crippen LogP) is 2.59. The van der Waals surface area contributed by atoms with Crippen molar-refractivity contribution in [3.05, 3.63) is 41.8 Å². The summed E-state index contributed by atoms with van der Waals surface area (Å²) in [6, 6.07) is 7.94. The Hall–Kier alpha value is -1.33. The molecule has 1 aromatic rings. The van der Waals surface area contributed by atoms with Gasteiger partial charge < -0.3 is 5.11 Å². The fourth-order valence-electron chi connectivity index (χ4n) is 1.64. The van der Waals surface area contributed by atoms with E-state index in [1.807, 2.05) is 18.2 Å². The molecule has 0 saturated heterocycles. The average molecular weight is 202 g/mol. The first-order chi connectivity index (χ1) is 7.11. The summed E-state index contributed by atoms with van der Waals surface area (Å²) in [6.07, 6.45) is 0. The second-order valence-electron chi connectivity index (χ2n) is 3.96. The number of nitriles is 1. The molecule has 0 fully saturated rings. The molecule has 1 unspecified atom stereocenters. The average Bonchev–Trinajstić information content (AvgIpc) is 2.26.